The van der Waals surface area contributed by atoms with Crippen LogP contribution in [0, 0.1) is 0 Å². The van der Waals surface area contributed by atoms with Crippen LogP contribution in [0.25, 0.3) is 16.4 Å². The Hall–Kier alpha value is -2.81. The molecule has 2 aromatic carbocycles. The molecule has 0 aliphatic carbocycles. The third-order valence-electron chi connectivity index (χ3n) is 4.30. The molecule has 2 aromatic heterocycles. The van der Waals surface area contributed by atoms with Gasteiger partial charge in [-0.25, -0.2) is 0 Å². The van der Waals surface area contributed by atoms with Gasteiger partial charge in [-0.1, -0.05) is 36.0 Å². The van der Waals surface area contributed by atoms with Crippen molar-refractivity contribution in [3.8, 4) is 27.9 Å². The molecular weight excluding hydrogens is 418 g/mol. The summed E-state index contributed by atoms with van der Waals surface area (Å²) >= 11 is 3.07. The Morgan fingerprint density at radius 2 is 1.77 bits per heavy atom. The van der Waals surface area contributed by atoms with Crippen molar-refractivity contribution >= 4 is 23.1 Å². The number of thiophene rings is 1. The van der Waals surface area contributed by atoms with Crippen LogP contribution in [-0.2, 0) is 0 Å². The van der Waals surface area contributed by atoms with Crippen LogP contribution in [0.2, 0.25) is 0 Å². The van der Waals surface area contributed by atoms with E-state index < -0.39 is 6.10 Å². The average Bonchev–Trinajstić information content (AvgIpc) is 3.47. The fourth-order valence-corrected chi connectivity index (χ4v) is 4.38. The van der Waals surface area contributed by atoms with E-state index in [0.29, 0.717) is 11.5 Å². The predicted octanol–water partition coefficient (Wildman–Crippen LogP) is 4.54. The lowest BCUT2D eigenvalue weighted by Crippen LogP contribution is -2.20. The van der Waals surface area contributed by atoms with Gasteiger partial charge in [0.2, 0.25) is 0 Å². The van der Waals surface area contributed by atoms with Crippen LogP contribution >= 0.6 is 23.1 Å². The smallest absolute Gasteiger partial charge is 0.196 e. The molecule has 2 heterocycles. The molecule has 0 saturated heterocycles. The molecular formula is C22H21N3O3S2. The summed E-state index contributed by atoms with van der Waals surface area (Å²) in [5.74, 6) is 2.68. The molecule has 0 aliphatic heterocycles. The van der Waals surface area contributed by atoms with E-state index in [0.717, 1.165) is 27.3 Å². The standard InChI is InChI=1S/C22H21N3O3S2/c1-27-18-9-11-19(12-10-18)28-14-17(26)15-30-22-24-23-21(20-8-5-13-29-20)25(22)16-6-3-2-4-7-16/h2-13,17,26H,14-15H2,1H3/t17-/m1/s1. The van der Waals surface area contributed by atoms with E-state index in [1.165, 1.54) is 11.8 Å². The van der Waals surface area contributed by atoms with Gasteiger partial charge in [-0.3, -0.25) is 4.57 Å². The second-order valence-corrected chi connectivity index (χ2v) is 8.34. The monoisotopic (exact) mass is 439 g/mol. The van der Waals surface area contributed by atoms with Crippen molar-refractivity contribution in [2.24, 2.45) is 0 Å². The molecule has 0 amide bonds. The van der Waals surface area contributed by atoms with Gasteiger partial charge in [0.25, 0.3) is 0 Å². The fraction of sp³-hybridized carbons (Fsp3) is 0.182. The number of methoxy groups -OCH3 is 1. The van der Waals surface area contributed by atoms with Gasteiger partial charge in [-0.2, -0.15) is 0 Å². The SMILES string of the molecule is COc1ccc(OC[C@@H](O)CSc2nnc(-c3cccs3)n2-c2ccccc2)cc1. The van der Waals surface area contributed by atoms with Crippen molar-refractivity contribution < 1.29 is 14.6 Å². The van der Waals surface area contributed by atoms with E-state index in [1.807, 2.05) is 76.7 Å². The van der Waals surface area contributed by atoms with Gasteiger partial charge in [0.1, 0.15) is 18.1 Å². The van der Waals surface area contributed by atoms with Crippen LogP contribution < -0.4 is 9.47 Å². The molecule has 0 radical (unpaired) electrons. The average molecular weight is 440 g/mol. The Labute approximate surface area is 183 Å². The number of benzene rings is 2. The second kappa shape index (κ2) is 9.80. The van der Waals surface area contributed by atoms with Crippen molar-refractivity contribution in [1.29, 1.82) is 0 Å². The first-order chi connectivity index (χ1) is 14.7. The highest BCUT2D eigenvalue weighted by atomic mass is 32.2. The first kappa shape index (κ1) is 20.5. The minimum atomic E-state index is -0.650. The molecule has 0 fully saturated rings. The van der Waals surface area contributed by atoms with Gasteiger partial charge >= 0.3 is 0 Å². The molecule has 8 heteroatoms. The Morgan fingerprint density at radius 1 is 1.00 bits per heavy atom. The van der Waals surface area contributed by atoms with Crippen molar-refractivity contribution in [3.63, 3.8) is 0 Å². The van der Waals surface area contributed by atoms with Crippen molar-refractivity contribution in [1.82, 2.24) is 14.8 Å². The number of hydrogen-bond acceptors (Lipinski definition) is 7. The maximum atomic E-state index is 10.4. The first-order valence-corrected chi connectivity index (χ1v) is 11.2. The normalized spacial score (nSPS) is 11.9. The summed E-state index contributed by atoms with van der Waals surface area (Å²) < 4.78 is 12.8. The number of aromatic nitrogens is 3. The lowest BCUT2D eigenvalue weighted by molar-refractivity contribution is 0.126. The number of aliphatic hydroxyl groups is 1. The van der Waals surface area contributed by atoms with Crippen LogP contribution in [0.4, 0.5) is 0 Å². The fourth-order valence-electron chi connectivity index (χ4n) is 2.82. The summed E-state index contributed by atoms with van der Waals surface area (Å²) in [5.41, 5.74) is 0.984. The molecule has 0 spiro atoms. The Balaban J connectivity index is 1.44. The van der Waals surface area contributed by atoms with E-state index in [4.69, 9.17) is 9.47 Å². The Morgan fingerprint density at radius 3 is 2.47 bits per heavy atom. The van der Waals surface area contributed by atoms with Crippen molar-refractivity contribution in [2.45, 2.75) is 11.3 Å². The Bertz CT molecular complexity index is 1050. The third kappa shape index (κ3) is 4.84. The van der Waals surface area contributed by atoms with Gasteiger partial charge < -0.3 is 14.6 Å². The number of hydrogen-bond donors (Lipinski definition) is 1. The van der Waals surface area contributed by atoms with Gasteiger partial charge in [0.15, 0.2) is 11.0 Å². The van der Waals surface area contributed by atoms with Gasteiger partial charge in [0, 0.05) is 11.4 Å². The second-order valence-electron chi connectivity index (χ2n) is 6.41. The van der Waals surface area contributed by atoms with Crippen LogP contribution in [0.5, 0.6) is 11.5 Å². The number of rotatable bonds is 9. The summed E-state index contributed by atoms with van der Waals surface area (Å²) in [4.78, 5) is 1.04. The first-order valence-electron chi connectivity index (χ1n) is 9.37. The van der Waals surface area contributed by atoms with E-state index in [-0.39, 0.29) is 6.61 Å². The number of ether oxygens (including phenoxy) is 2. The molecule has 1 atom stereocenters. The lowest BCUT2D eigenvalue weighted by atomic mass is 10.3. The maximum Gasteiger partial charge on any atom is 0.196 e. The van der Waals surface area contributed by atoms with Gasteiger partial charge in [0.05, 0.1) is 18.1 Å². The quantitative estimate of drug-likeness (QED) is 0.386. The molecule has 0 aliphatic rings. The number of para-hydroxylation sites is 1. The number of nitrogens with zero attached hydrogens (tertiary/aromatic N) is 3. The topological polar surface area (TPSA) is 69.4 Å². The zero-order valence-electron chi connectivity index (χ0n) is 16.3. The summed E-state index contributed by atoms with van der Waals surface area (Å²) in [6, 6.07) is 21.3. The lowest BCUT2D eigenvalue weighted by Gasteiger charge is -2.13. The molecule has 30 heavy (non-hydrogen) atoms. The molecule has 154 valence electrons. The highest BCUT2D eigenvalue weighted by molar-refractivity contribution is 7.99. The van der Waals surface area contributed by atoms with E-state index in [9.17, 15) is 5.11 Å². The van der Waals surface area contributed by atoms with Crippen LogP contribution in [0.15, 0.2) is 77.3 Å². The molecule has 1 N–H and O–H groups in total. The molecule has 0 saturated carbocycles. The molecule has 6 nitrogen and oxygen atoms in total. The highest BCUT2D eigenvalue weighted by Crippen LogP contribution is 2.30. The van der Waals surface area contributed by atoms with E-state index in [2.05, 4.69) is 10.2 Å². The molecule has 0 bridgehead atoms. The molecule has 4 aromatic rings. The highest BCUT2D eigenvalue weighted by Gasteiger charge is 2.18. The summed E-state index contributed by atoms with van der Waals surface area (Å²) in [5, 5.41) is 21.9. The summed E-state index contributed by atoms with van der Waals surface area (Å²) in [6.45, 7) is 0.191. The third-order valence-corrected chi connectivity index (χ3v) is 6.24. The van der Waals surface area contributed by atoms with Gasteiger partial charge in [-0.15, -0.1) is 21.5 Å². The maximum absolute atomic E-state index is 10.4. The van der Waals surface area contributed by atoms with E-state index in [1.54, 1.807) is 18.4 Å². The Kier molecular flexibility index (Phi) is 6.68. The number of thioether (sulfide) groups is 1. The summed E-state index contributed by atoms with van der Waals surface area (Å²) in [7, 11) is 1.62. The minimum absolute atomic E-state index is 0.191. The largest absolute Gasteiger partial charge is 0.497 e. The molecule has 0 unspecified atom stereocenters. The predicted molar refractivity (Wildman–Crippen MR) is 120 cm³/mol. The zero-order valence-corrected chi connectivity index (χ0v) is 18.0. The number of aliphatic hydroxyl groups excluding tert-OH is 1. The van der Waals surface area contributed by atoms with Crippen LogP contribution in [0.3, 0.4) is 0 Å². The zero-order chi connectivity index (χ0) is 20.8. The van der Waals surface area contributed by atoms with Crippen LogP contribution in [-0.4, -0.2) is 45.4 Å². The van der Waals surface area contributed by atoms with Crippen molar-refractivity contribution in [3.05, 3.63) is 72.1 Å². The molecule has 4 rings (SSSR count). The minimum Gasteiger partial charge on any atom is -0.497 e. The van der Waals surface area contributed by atoms with Crippen molar-refractivity contribution in [2.75, 3.05) is 19.5 Å². The van der Waals surface area contributed by atoms with Crippen LogP contribution in [0.1, 0.15) is 0 Å². The van der Waals surface area contributed by atoms with Gasteiger partial charge in [-0.05, 0) is 47.8 Å². The van der Waals surface area contributed by atoms with E-state index >= 15 is 0 Å². The summed E-state index contributed by atoms with van der Waals surface area (Å²) in [6.07, 6.45) is -0.650.